The molecule has 2 aromatic carbocycles. The fourth-order valence-corrected chi connectivity index (χ4v) is 4.38. The summed E-state index contributed by atoms with van der Waals surface area (Å²) in [4.78, 5) is 27.7. The van der Waals surface area contributed by atoms with Crippen LogP contribution in [-0.2, 0) is 11.3 Å². The lowest BCUT2D eigenvalue weighted by molar-refractivity contribution is 0.102. The third-order valence-electron chi connectivity index (χ3n) is 6.09. The van der Waals surface area contributed by atoms with Gasteiger partial charge in [0.25, 0.3) is 11.5 Å². The molecule has 36 heavy (non-hydrogen) atoms. The number of benzene rings is 2. The molecule has 186 valence electrons. The maximum Gasteiger partial charge on any atom is 0.276 e. The lowest BCUT2D eigenvalue weighted by Gasteiger charge is -2.22. The summed E-state index contributed by atoms with van der Waals surface area (Å²) in [7, 11) is 1.63. The van der Waals surface area contributed by atoms with E-state index in [2.05, 4.69) is 20.4 Å². The summed E-state index contributed by atoms with van der Waals surface area (Å²) in [6.45, 7) is 2.77. The number of aromatic nitrogens is 4. The van der Waals surface area contributed by atoms with Crippen LogP contribution in [0, 0.1) is 11.6 Å². The Morgan fingerprint density at radius 1 is 1.03 bits per heavy atom. The summed E-state index contributed by atoms with van der Waals surface area (Å²) < 4.78 is 36.1. The zero-order chi connectivity index (χ0) is 25.2. The summed E-state index contributed by atoms with van der Waals surface area (Å²) >= 11 is 0. The summed E-state index contributed by atoms with van der Waals surface area (Å²) in [5.41, 5.74) is 0.610. The minimum absolute atomic E-state index is 0.166. The number of hydrogen-bond acceptors (Lipinski definition) is 6. The average molecular weight is 495 g/mol. The molecule has 0 unspecified atom stereocenters. The van der Waals surface area contributed by atoms with Crippen LogP contribution in [0.2, 0.25) is 0 Å². The number of rotatable bonds is 7. The molecule has 0 atom stereocenters. The molecule has 0 saturated carbocycles. The average Bonchev–Trinajstić information content (AvgIpc) is 3.53. The van der Waals surface area contributed by atoms with E-state index in [9.17, 15) is 18.4 Å². The van der Waals surface area contributed by atoms with Crippen LogP contribution < -0.4 is 15.8 Å². The van der Waals surface area contributed by atoms with E-state index in [1.54, 1.807) is 17.9 Å². The van der Waals surface area contributed by atoms with Crippen LogP contribution in [-0.4, -0.2) is 52.3 Å². The quantitative estimate of drug-likeness (QED) is 0.424. The van der Waals surface area contributed by atoms with Gasteiger partial charge < -0.3 is 15.0 Å². The fourth-order valence-electron chi connectivity index (χ4n) is 4.38. The van der Waals surface area contributed by atoms with Crippen molar-refractivity contribution in [2.75, 3.05) is 37.0 Å². The van der Waals surface area contributed by atoms with E-state index in [-0.39, 0.29) is 5.69 Å². The maximum absolute atomic E-state index is 14.3. The number of para-hydroxylation sites is 1. The summed E-state index contributed by atoms with van der Waals surface area (Å²) in [6.07, 6.45) is 3.99. The Morgan fingerprint density at radius 2 is 1.78 bits per heavy atom. The number of carbonyl (C=O) groups is 1. The number of halogens is 2. The molecular formula is C25H24F2N6O3. The fraction of sp³-hybridized carbons (Fsp3) is 0.280. The van der Waals surface area contributed by atoms with Crippen molar-refractivity contribution in [2.45, 2.75) is 19.4 Å². The van der Waals surface area contributed by atoms with Crippen molar-refractivity contribution in [3.63, 3.8) is 0 Å². The second-order valence-corrected chi connectivity index (χ2v) is 8.47. The number of carbonyl (C=O) groups excluding carboxylic acids is 1. The van der Waals surface area contributed by atoms with Gasteiger partial charge in [0, 0.05) is 37.8 Å². The Labute approximate surface area is 204 Å². The van der Waals surface area contributed by atoms with E-state index in [0.29, 0.717) is 23.5 Å². The number of amides is 1. The van der Waals surface area contributed by atoms with Gasteiger partial charge in [0.15, 0.2) is 11.6 Å². The van der Waals surface area contributed by atoms with Gasteiger partial charge in [0.05, 0.1) is 30.0 Å². The topological polar surface area (TPSA) is 94.3 Å². The molecule has 1 N–H and O–H groups in total. The lowest BCUT2D eigenvalue weighted by Crippen LogP contribution is -2.27. The minimum Gasteiger partial charge on any atom is -0.383 e. The van der Waals surface area contributed by atoms with Gasteiger partial charge in [-0.15, -0.1) is 0 Å². The van der Waals surface area contributed by atoms with Gasteiger partial charge in [-0.25, -0.2) is 8.78 Å². The second-order valence-electron chi connectivity index (χ2n) is 8.47. The van der Waals surface area contributed by atoms with E-state index in [0.717, 1.165) is 60.7 Å². The second kappa shape index (κ2) is 9.86. The van der Waals surface area contributed by atoms with E-state index in [1.165, 1.54) is 12.1 Å². The van der Waals surface area contributed by atoms with Crippen LogP contribution in [0.15, 0.2) is 53.5 Å². The number of hydrogen-bond donors (Lipinski definition) is 1. The van der Waals surface area contributed by atoms with E-state index in [1.807, 2.05) is 12.3 Å². The van der Waals surface area contributed by atoms with Crippen LogP contribution in [0.4, 0.5) is 20.2 Å². The molecule has 1 aliphatic rings. The standard InChI is InChI=1S/C25H24F2N6O3/c1-36-14-13-32-15-16-19(29-32)7-8-20(23(16)31-11-2-3-12-31)28-25(35)21-9-10-22(34)33(30-21)24-17(26)5-4-6-18(24)27/h4-10,15H,2-3,11-14H2,1H3,(H,28,35). The van der Waals surface area contributed by atoms with Gasteiger partial charge >= 0.3 is 0 Å². The predicted molar refractivity (Wildman–Crippen MR) is 131 cm³/mol. The first-order valence-electron chi connectivity index (χ1n) is 11.6. The Hall–Kier alpha value is -4.12. The molecule has 5 rings (SSSR count). The molecule has 0 aliphatic carbocycles. The first kappa shape index (κ1) is 23.6. The van der Waals surface area contributed by atoms with Crippen molar-refractivity contribution in [2.24, 2.45) is 0 Å². The molecule has 1 amide bonds. The zero-order valence-corrected chi connectivity index (χ0v) is 19.6. The molecule has 2 aromatic heterocycles. The van der Waals surface area contributed by atoms with Crippen LogP contribution in [0.25, 0.3) is 16.6 Å². The highest BCUT2D eigenvalue weighted by atomic mass is 19.1. The Bertz CT molecular complexity index is 1470. The number of methoxy groups -OCH3 is 1. The van der Waals surface area contributed by atoms with Gasteiger partial charge in [0.1, 0.15) is 11.4 Å². The van der Waals surface area contributed by atoms with Gasteiger partial charge in [-0.2, -0.15) is 14.9 Å². The molecular weight excluding hydrogens is 470 g/mol. The monoisotopic (exact) mass is 494 g/mol. The molecule has 0 radical (unpaired) electrons. The van der Waals surface area contributed by atoms with Crippen molar-refractivity contribution in [1.29, 1.82) is 0 Å². The van der Waals surface area contributed by atoms with Crippen molar-refractivity contribution < 1.29 is 18.3 Å². The Balaban J connectivity index is 1.52. The number of ether oxygens (including phenoxy) is 1. The van der Waals surface area contributed by atoms with Crippen molar-refractivity contribution >= 4 is 28.2 Å². The number of fused-ring (bicyclic) bond motifs is 1. The van der Waals surface area contributed by atoms with Gasteiger partial charge in [-0.3, -0.25) is 14.3 Å². The van der Waals surface area contributed by atoms with Crippen LogP contribution in [0.1, 0.15) is 23.3 Å². The molecule has 3 heterocycles. The molecule has 1 aliphatic heterocycles. The molecule has 0 bridgehead atoms. The van der Waals surface area contributed by atoms with Gasteiger partial charge in [0.2, 0.25) is 0 Å². The van der Waals surface area contributed by atoms with Crippen LogP contribution in [0.3, 0.4) is 0 Å². The van der Waals surface area contributed by atoms with Gasteiger partial charge in [-0.05, 0) is 43.2 Å². The van der Waals surface area contributed by atoms with Crippen LogP contribution in [0.5, 0.6) is 0 Å². The van der Waals surface area contributed by atoms with E-state index < -0.39 is 28.8 Å². The number of nitrogens with one attached hydrogen (secondary N) is 1. The maximum atomic E-state index is 14.3. The largest absolute Gasteiger partial charge is 0.383 e. The first-order valence-corrected chi connectivity index (χ1v) is 11.6. The molecule has 1 fully saturated rings. The number of nitrogens with zero attached hydrogens (tertiary/aromatic N) is 5. The predicted octanol–water partition coefficient (Wildman–Crippen LogP) is 3.36. The first-order chi connectivity index (χ1) is 17.5. The lowest BCUT2D eigenvalue weighted by atomic mass is 10.1. The summed E-state index contributed by atoms with van der Waals surface area (Å²) in [6, 6.07) is 9.09. The third-order valence-corrected chi connectivity index (χ3v) is 6.09. The highest BCUT2D eigenvalue weighted by Gasteiger charge is 2.23. The summed E-state index contributed by atoms with van der Waals surface area (Å²) in [5.74, 6) is -2.55. The van der Waals surface area contributed by atoms with Crippen LogP contribution >= 0.6 is 0 Å². The Kier molecular flexibility index (Phi) is 6.47. The smallest absolute Gasteiger partial charge is 0.276 e. The summed E-state index contributed by atoms with van der Waals surface area (Å²) in [5, 5.41) is 12.3. The highest BCUT2D eigenvalue weighted by Crippen LogP contribution is 2.36. The van der Waals surface area contributed by atoms with Crippen molar-refractivity contribution in [3.8, 4) is 5.69 Å². The number of anilines is 2. The normalized spacial score (nSPS) is 13.5. The SMILES string of the molecule is COCCn1cc2c(N3CCCC3)c(NC(=O)c3ccc(=O)n(-c4c(F)cccc4F)n3)ccc2n1. The van der Waals surface area contributed by atoms with Crippen molar-refractivity contribution in [1.82, 2.24) is 19.6 Å². The van der Waals surface area contributed by atoms with E-state index in [4.69, 9.17) is 4.74 Å². The van der Waals surface area contributed by atoms with E-state index >= 15 is 0 Å². The van der Waals surface area contributed by atoms with Crippen molar-refractivity contribution in [3.05, 3.63) is 76.3 Å². The molecule has 4 aromatic rings. The third kappa shape index (κ3) is 4.44. The minimum atomic E-state index is -0.964. The molecule has 1 saturated heterocycles. The molecule has 9 nitrogen and oxygen atoms in total. The molecule has 11 heteroatoms. The zero-order valence-electron chi connectivity index (χ0n) is 19.6. The molecule has 0 spiro atoms. The van der Waals surface area contributed by atoms with Gasteiger partial charge in [-0.1, -0.05) is 6.07 Å². The highest BCUT2D eigenvalue weighted by molar-refractivity contribution is 6.08. The Morgan fingerprint density at radius 3 is 2.50 bits per heavy atom.